The van der Waals surface area contributed by atoms with Gasteiger partial charge in [-0.15, -0.1) is 5.10 Å². The summed E-state index contributed by atoms with van der Waals surface area (Å²) >= 11 is 0. The van der Waals surface area contributed by atoms with Crippen LogP contribution in [0.3, 0.4) is 0 Å². The SMILES string of the molecule is CCC(C)(C)n1nnnc1C(c1cccc(OC)c1OC)N1CCN(c2ccc(OC)cc2)CC1. The molecule has 1 aliphatic heterocycles. The van der Waals surface area contributed by atoms with E-state index in [-0.39, 0.29) is 11.6 Å². The van der Waals surface area contributed by atoms with Crippen molar-refractivity contribution in [3.05, 3.63) is 53.9 Å². The zero-order chi connectivity index (χ0) is 25.0. The molecule has 1 unspecified atom stereocenters. The molecule has 0 aliphatic carbocycles. The first kappa shape index (κ1) is 24.8. The minimum Gasteiger partial charge on any atom is -0.497 e. The second-order valence-corrected chi connectivity index (χ2v) is 9.32. The fraction of sp³-hybridized carbons (Fsp3) is 0.500. The van der Waals surface area contributed by atoms with Gasteiger partial charge in [-0.05, 0) is 61.0 Å². The first-order valence-corrected chi connectivity index (χ1v) is 12.1. The molecule has 0 saturated carbocycles. The summed E-state index contributed by atoms with van der Waals surface area (Å²) in [7, 11) is 5.03. The van der Waals surface area contributed by atoms with E-state index in [1.165, 1.54) is 5.69 Å². The van der Waals surface area contributed by atoms with Crippen LogP contribution in [0, 0.1) is 0 Å². The van der Waals surface area contributed by atoms with Crippen LogP contribution in [-0.4, -0.2) is 72.6 Å². The van der Waals surface area contributed by atoms with Gasteiger partial charge in [0.15, 0.2) is 17.3 Å². The molecule has 35 heavy (non-hydrogen) atoms. The van der Waals surface area contributed by atoms with Crippen molar-refractivity contribution in [1.82, 2.24) is 25.1 Å². The molecule has 2 heterocycles. The lowest BCUT2D eigenvalue weighted by Crippen LogP contribution is -2.49. The zero-order valence-corrected chi connectivity index (χ0v) is 21.6. The highest BCUT2D eigenvalue weighted by Crippen LogP contribution is 2.41. The number of piperazine rings is 1. The molecule has 0 amide bonds. The number of aromatic nitrogens is 4. The molecule has 0 spiro atoms. The van der Waals surface area contributed by atoms with Gasteiger partial charge in [-0.1, -0.05) is 19.1 Å². The van der Waals surface area contributed by atoms with Crippen LogP contribution in [0.15, 0.2) is 42.5 Å². The number of ether oxygens (including phenoxy) is 3. The maximum Gasteiger partial charge on any atom is 0.173 e. The van der Waals surface area contributed by atoms with E-state index in [0.29, 0.717) is 11.5 Å². The molecule has 188 valence electrons. The largest absolute Gasteiger partial charge is 0.497 e. The van der Waals surface area contributed by atoms with Crippen LogP contribution >= 0.6 is 0 Å². The number of anilines is 1. The zero-order valence-electron chi connectivity index (χ0n) is 21.6. The standard InChI is InChI=1S/C26H36N6O3/c1-7-26(2,3)32-25(27-28-29-32)23(21-9-8-10-22(34-5)24(21)35-6)31-17-15-30(16-18-31)19-11-13-20(33-4)14-12-19/h8-14,23H,7,15-18H2,1-6H3. The Morgan fingerprint density at radius 3 is 2.23 bits per heavy atom. The topological polar surface area (TPSA) is 77.8 Å². The Kier molecular flexibility index (Phi) is 7.45. The molecule has 1 saturated heterocycles. The summed E-state index contributed by atoms with van der Waals surface area (Å²) in [4.78, 5) is 4.83. The lowest BCUT2D eigenvalue weighted by molar-refractivity contribution is 0.183. The molecule has 3 aromatic rings. The molecule has 0 N–H and O–H groups in total. The first-order valence-electron chi connectivity index (χ1n) is 12.1. The van der Waals surface area contributed by atoms with Gasteiger partial charge in [0.2, 0.25) is 0 Å². The van der Waals surface area contributed by atoms with E-state index in [2.05, 4.69) is 64.3 Å². The minimum absolute atomic E-state index is 0.182. The molecule has 1 aromatic heterocycles. The van der Waals surface area contributed by atoms with E-state index in [1.807, 2.05) is 28.9 Å². The van der Waals surface area contributed by atoms with Crippen LogP contribution in [0.5, 0.6) is 17.2 Å². The van der Waals surface area contributed by atoms with Gasteiger partial charge >= 0.3 is 0 Å². The molecular weight excluding hydrogens is 444 g/mol. The van der Waals surface area contributed by atoms with Crippen LogP contribution in [0.25, 0.3) is 0 Å². The molecule has 0 bridgehead atoms. The maximum atomic E-state index is 5.85. The van der Waals surface area contributed by atoms with Crippen LogP contribution in [0.2, 0.25) is 0 Å². The van der Waals surface area contributed by atoms with E-state index in [9.17, 15) is 0 Å². The van der Waals surface area contributed by atoms with Gasteiger partial charge < -0.3 is 19.1 Å². The lowest BCUT2D eigenvalue weighted by atomic mass is 9.98. The van der Waals surface area contributed by atoms with Crippen molar-refractivity contribution in [3.63, 3.8) is 0 Å². The van der Waals surface area contributed by atoms with Crippen LogP contribution in [0.1, 0.15) is 44.6 Å². The minimum atomic E-state index is -0.228. The van der Waals surface area contributed by atoms with Crippen LogP contribution in [0.4, 0.5) is 5.69 Å². The van der Waals surface area contributed by atoms with Gasteiger partial charge in [-0.2, -0.15) is 0 Å². The summed E-state index contributed by atoms with van der Waals surface area (Å²) in [6.07, 6.45) is 0.901. The summed E-state index contributed by atoms with van der Waals surface area (Å²) in [5.74, 6) is 3.08. The Balaban J connectivity index is 1.70. The van der Waals surface area contributed by atoms with Crippen molar-refractivity contribution >= 4 is 5.69 Å². The predicted molar refractivity (Wildman–Crippen MR) is 136 cm³/mol. The number of tetrazole rings is 1. The van der Waals surface area contributed by atoms with Gasteiger partial charge in [0.05, 0.1) is 26.9 Å². The third-order valence-corrected chi connectivity index (χ3v) is 7.02. The van der Waals surface area contributed by atoms with Gasteiger partial charge in [0.1, 0.15) is 11.8 Å². The predicted octanol–water partition coefficient (Wildman–Crippen LogP) is 3.76. The third-order valence-electron chi connectivity index (χ3n) is 7.02. The number of hydrogen-bond acceptors (Lipinski definition) is 8. The monoisotopic (exact) mass is 480 g/mol. The molecule has 9 heteroatoms. The average Bonchev–Trinajstić information content (AvgIpc) is 3.39. The van der Waals surface area contributed by atoms with E-state index in [1.54, 1.807) is 21.3 Å². The molecule has 1 fully saturated rings. The number of methoxy groups -OCH3 is 3. The number of rotatable bonds is 9. The number of hydrogen-bond donors (Lipinski definition) is 0. The molecule has 9 nitrogen and oxygen atoms in total. The maximum absolute atomic E-state index is 5.85. The highest BCUT2D eigenvalue weighted by molar-refractivity contribution is 5.51. The van der Waals surface area contributed by atoms with Crippen molar-refractivity contribution in [2.24, 2.45) is 0 Å². The normalized spacial score (nSPS) is 15.7. The van der Waals surface area contributed by atoms with E-state index in [4.69, 9.17) is 14.2 Å². The molecule has 1 aliphatic rings. The summed E-state index contributed by atoms with van der Waals surface area (Å²) in [6, 6.07) is 14.1. The van der Waals surface area contributed by atoms with Crippen molar-refractivity contribution in [2.45, 2.75) is 38.8 Å². The first-order chi connectivity index (χ1) is 16.9. The van der Waals surface area contributed by atoms with E-state index >= 15 is 0 Å². The van der Waals surface area contributed by atoms with Gasteiger partial charge in [0, 0.05) is 37.4 Å². The average molecular weight is 481 g/mol. The highest BCUT2D eigenvalue weighted by atomic mass is 16.5. The second-order valence-electron chi connectivity index (χ2n) is 9.32. The Bertz CT molecular complexity index is 1110. The Morgan fingerprint density at radius 1 is 0.914 bits per heavy atom. The molecule has 4 rings (SSSR count). The summed E-state index contributed by atoms with van der Waals surface area (Å²) in [5, 5.41) is 13.1. The molecule has 1 atom stereocenters. The Hall–Kier alpha value is -3.33. The Labute approximate surface area is 207 Å². The third kappa shape index (κ3) is 4.91. The van der Waals surface area contributed by atoms with Crippen LogP contribution < -0.4 is 19.1 Å². The second kappa shape index (κ2) is 10.5. The van der Waals surface area contributed by atoms with Gasteiger partial charge in [-0.3, -0.25) is 4.90 Å². The summed E-state index contributed by atoms with van der Waals surface area (Å²) in [5.41, 5.74) is 1.96. The summed E-state index contributed by atoms with van der Waals surface area (Å²) in [6.45, 7) is 9.93. The fourth-order valence-corrected chi connectivity index (χ4v) is 4.60. The molecule has 2 aromatic carbocycles. The van der Waals surface area contributed by atoms with Crippen molar-refractivity contribution in [3.8, 4) is 17.2 Å². The van der Waals surface area contributed by atoms with Gasteiger partial charge in [-0.25, -0.2) is 4.68 Å². The Morgan fingerprint density at radius 2 is 1.63 bits per heavy atom. The van der Waals surface area contributed by atoms with Crippen molar-refractivity contribution in [1.29, 1.82) is 0 Å². The highest BCUT2D eigenvalue weighted by Gasteiger charge is 2.36. The van der Waals surface area contributed by atoms with Crippen molar-refractivity contribution < 1.29 is 14.2 Å². The van der Waals surface area contributed by atoms with Gasteiger partial charge in [0.25, 0.3) is 0 Å². The smallest absolute Gasteiger partial charge is 0.173 e. The molecule has 0 radical (unpaired) electrons. The molecular formula is C26H36N6O3. The van der Waals surface area contributed by atoms with Crippen molar-refractivity contribution in [2.75, 3.05) is 52.4 Å². The number of para-hydroxylation sites is 1. The fourth-order valence-electron chi connectivity index (χ4n) is 4.60. The van der Waals surface area contributed by atoms with E-state index in [0.717, 1.165) is 49.7 Å². The quantitative estimate of drug-likeness (QED) is 0.458. The summed E-state index contributed by atoms with van der Waals surface area (Å²) < 4.78 is 18.8. The number of benzene rings is 2. The number of nitrogens with zero attached hydrogens (tertiary/aromatic N) is 6. The lowest BCUT2D eigenvalue weighted by Gasteiger charge is -2.41. The van der Waals surface area contributed by atoms with E-state index < -0.39 is 0 Å². The van der Waals surface area contributed by atoms with Crippen LogP contribution in [-0.2, 0) is 5.54 Å².